The summed E-state index contributed by atoms with van der Waals surface area (Å²) in [6.07, 6.45) is -0.0338. The Labute approximate surface area is 106 Å². The first kappa shape index (κ1) is 12.9. The lowest BCUT2D eigenvalue weighted by Gasteiger charge is -2.14. The highest BCUT2D eigenvalue weighted by Crippen LogP contribution is 2.30. The van der Waals surface area contributed by atoms with Crippen molar-refractivity contribution in [1.82, 2.24) is 5.32 Å². The summed E-state index contributed by atoms with van der Waals surface area (Å²) in [5.41, 5.74) is 0.738. The number of carbonyl (C=O) groups is 1. The van der Waals surface area contributed by atoms with E-state index in [9.17, 15) is 4.79 Å². The summed E-state index contributed by atoms with van der Waals surface area (Å²) in [6, 6.07) is 7.22. The number of nitrogens with one attached hydrogen (secondary N) is 1. The Balaban J connectivity index is 2.05. The molecular formula is C13H17NO4. The fourth-order valence-electron chi connectivity index (χ4n) is 1.67. The van der Waals surface area contributed by atoms with Gasteiger partial charge in [-0.2, -0.15) is 0 Å². The van der Waals surface area contributed by atoms with Crippen molar-refractivity contribution in [3.05, 3.63) is 29.8 Å². The Morgan fingerprint density at radius 2 is 2.11 bits per heavy atom. The number of hydrogen-bond acceptors (Lipinski definition) is 4. The molecule has 0 aromatic heterocycles. The van der Waals surface area contributed by atoms with E-state index < -0.39 is 12.4 Å². The summed E-state index contributed by atoms with van der Waals surface area (Å²) in [5.74, 6) is 0.470. The van der Waals surface area contributed by atoms with Gasteiger partial charge in [0.15, 0.2) is 6.29 Å². The van der Waals surface area contributed by atoms with E-state index in [1.807, 2.05) is 19.1 Å². The van der Waals surface area contributed by atoms with E-state index in [1.54, 1.807) is 12.1 Å². The van der Waals surface area contributed by atoms with Gasteiger partial charge < -0.3 is 19.5 Å². The van der Waals surface area contributed by atoms with Crippen LogP contribution in [0.5, 0.6) is 5.75 Å². The van der Waals surface area contributed by atoms with Gasteiger partial charge >= 0.3 is 6.09 Å². The first-order valence-corrected chi connectivity index (χ1v) is 6.09. The Kier molecular flexibility index (Phi) is 4.55. The zero-order chi connectivity index (χ0) is 12.8. The van der Waals surface area contributed by atoms with Crippen molar-refractivity contribution in [3.8, 4) is 5.75 Å². The smallest absolute Gasteiger partial charge is 0.410 e. The molecule has 18 heavy (non-hydrogen) atoms. The van der Waals surface area contributed by atoms with Crippen LogP contribution >= 0.6 is 0 Å². The highest BCUT2D eigenvalue weighted by atomic mass is 16.7. The summed E-state index contributed by atoms with van der Waals surface area (Å²) in [6.45, 7) is 3.69. The molecule has 5 nitrogen and oxygen atoms in total. The monoisotopic (exact) mass is 251 g/mol. The molecule has 1 saturated heterocycles. The van der Waals surface area contributed by atoms with E-state index in [0.29, 0.717) is 25.5 Å². The molecule has 2 rings (SSSR count). The maximum Gasteiger partial charge on any atom is 0.412 e. The van der Waals surface area contributed by atoms with Crippen molar-refractivity contribution >= 4 is 6.09 Å². The average Bonchev–Trinajstić information content (AvgIpc) is 2.91. The molecule has 98 valence electrons. The van der Waals surface area contributed by atoms with Crippen LogP contribution in [0.1, 0.15) is 25.2 Å². The molecule has 5 heteroatoms. The van der Waals surface area contributed by atoms with Gasteiger partial charge in [0.25, 0.3) is 0 Å². The van der Waals surface area contributed by atoms with Gasteiger partial charge in [-0.3, -0.25) is 0 Å². The summed E-state index contributed by atoms with van der Waals surface area (Å²) < 4.78 is 16.1. The third kappa shape index (κ3) is 3.21. The van der Waals surface area contributed by atoms with E-state index in [-0.39, 0.29) is 0 Å². The van der Waals surface area contributed by atoms with Crippen molar-refractivity contribution in [2.75, 3.05) is 19.8 Å². The van der Waals surface area contributed by atoms with Gasteiger partial charge in [0.05, 0.1) is 18.8 Å². The molecule has 1 aromatic carbocycles. The van der Waals surface area contributed by atoms with E-state index in [1.165, 1.54) is 0 Å². The Morgan fingerprint density at radius 1 is 1.39 bits per heavy atom. The van der Waals surface area contributed by atoms with Gasteiger partial charge in [-0.15, -0.1) is 0 Å². The lowest BCUT2D eigenvalue weighted by Crippen LogP contribution is -2.27. The van der Waals surface area contributed by atoms with Crippen LogP contribution in [0.4, 0.5) is 4.79 Å². The predicted octanol–water partition coefficient (Wildman–Crippen LogP) is 2.23. The molecule has 1 fully saturated rings. The topological polar surface area (TPSA) is 56.8 Å². The van der Waals surface area contributed by atoms with Crippen LogP contribution in [-0.4, -0.2) is 25.9 Å². The molecule has 0 atom stereocenters. The van der Waals surface area contributed by atoms with Crippen LogP contribution in [0, 0.1) is 0 Å². The Bertz CT molecular complexity index is 402. The number of amides is 1. The van der Waals surface area contributed by atoms with Crippen LogP contribution in [0.25, 0.3) is 0 Å². The number of ether oxygens (including phenoxy) is 3. The molecule has 0 radical (unpaired) electrons. The SMILES string of the molecule is CCCNC(=O)Oc1ccccc1C1OCCO1. The maximum absolute atomic E-state index is 11.5. The van der Waals surface area contributed by atoms with Crippen molar-refractivity contribution in [2.45, 2.75) is 19.6 Å². The lowest BCUT2D eigenvalue weighted by molar-refractivity contribution is -0.0452. The van der Waals surface area contributed by atoms with Crippen LogP contribution in [0.3, 0.4) is 0 Å². The van der Waals surface area contributed by atoms with Crippen LogP contribution in [0.15, 0.2) is 24.3 Å². The number of benzene rings is 1. The van der Waals surface area contributed by atoms with Crippen LogP contribution < -0.4 is 10.1 Å². The summed E-state index contributed by atoms with van der Waals surface area (Å²) >= 11 is 0. The molecule has 0 bridgehead atoms. The normalized spacial score (nSPS) is 15.6. The van der Waals surface area contributed by atoms with Crippen molar-refractivity contribution in [2.24, 2.45) is 0 Å². The van der Waals surface area contributed by atoms with Crippen LogP contribution in [-0.2, 0) is 9.47 Å². The van der Waals surface area contributed by atoms with Crippen LogP contribution in [0.2, 0.25) is 0 Å². The molecule has 1 aliphatic heterocycles. The zero-order valence-corrected chi connectivity index (χ0v) is 10.3. The first-order valence-electron chi connectivity index (χ1n) is 6.09. The third-order valence-corrected chi connectivity index (χ3v) is 2.52. The van der Waals surface area contributed by atoms with Gasteiger partial charge in [0, 0.05) is 6.54 Å². The third-order valence-electron chi connectivity index (χ3n) is 2.52. The fourth-order valence-corrected chi connectivity index (χ4v) is 1.67. The molecule has 1 heterocycles. The number of hydrogen-bond donors (Lipinski definition) is 1. The maximum atomic E-state index is 11.5. The molecular weight excluding hydrogens is 234 g/mol. The van der Waals surface area contributed by atoms with Gasteiger partial charge in [0.2, 0.25) is 0 Å². The van der Waals surface area contributed by atoms with Gasteiger partial charge in [0.1, 0.15) is 5.75 Å². The quantitative estimate of drug-likeness (QED) is 0.891. The Hall–Kier alpha value is -1.59. The van der Waals surface area contributed by atoms with Crippen molar-refractivity contribution < 1.29 is 19.0 Å². The van der Waals surface area contributed by atoms with E-state index in [4.69, 9.17) is 14.2 Å². The minimum Gasteiger partial charge on any atom is -0.410 e. The second kappa shape index (κ2) is 6.37. The molecule has 1 amide bonds. The minimum absolute atomic E-state index is 0.444. The molecule has 0 spiro atoms. The minimum atomic E-state index is -0.456. The highest BCUT2D eigenvalue weighted by Gasteiger charge is 2.22. The van der Waals surface area contributed by atoms with Gasteiger partial charge in [-0.1, -0.05) is 25.1 Å². The average molecular weight is 251 g/mol. The van der Waals surface area contributed by atoms with Crippen molar-refractivity contribution in [3.63, 3.8) is 0 Å². The Morgan fingerprint density at radius 3 is 2.83 bits per heavy atom. The van der Waals surface area contributed by atoms with E-state index in [2.05, 4.69) is 5.32 Å². The van der Waals surface area contributed by atoms with Crippen molar-refractivity contribution in [1.29, 1.82) is 0 Å². The summed E-state index contributed by atoms with van der Waals surface area (Å²) in [7, 11) is 0. The number of rotatable bonds is 4. The zero-order valence-electron chi connectivity index (χ0n) is 10.3. The molecule has 0 aliphatic carbocycles. The van der Waals surface area contributed by atoms with Gasteiger partial charge in [-0.05, 0) is 12.5 Å². The second-order valence-electron chi connectivity index (χ2n) is 3.93. The first-order chi connectivity index (χ1) is 8.81. The van der Waals surface area contributed by atoms with Gasteiger partial charge in [-0.25, -0.2) is 4.79 Å². The highest BCUT2D eigenvalue weighted by molar-refractivity contribution is 5.70. The number of para-hydroxylation sites is 1. The second-order valence-corrected chi connectivity index (χ2v) is 3.93. The largest absolute Gasteiger partial charge is 0.412 e. The fraction of sp³-hybridized carbons (Fsp3) is 0.462. The predicted molar refractivity (Wildman–Crippen MR) is 65.4 cm³/mol. The molecule has 0 unspecified atom stereocenters. The summed E-state index contributed by atoms with van der Waals surface area (Å²) in [5, 5.41) is 2.66. The lowest BCUT2D eigenvalue weighted by atomic mass is 10.2. The number of carbonyl (C=O) groups excluding carboxylic acids is 1. The van der Waals surface area contributed by atoms with E-state index >= 15 is 0 Å². The molecule has 1 aliphatic rings. The molecule has 1 aromatic rings. The van der Waals surface area contributed by atoms with E-state index in [0.717, 1.165) is 12.0 Å². The molecule has 1 N–H and O–H groups in total. The summed E-state index contributed by atoms with van der Waals surface area (Å²) in [4.78, 5) is 11.5. The standard InChI is InChI=1S/C13H17NO4/c1-2-7-14-13(15)18-11-6-4-3-5-10(11)12-16-8-9-17-12/h3-6,12H,2,7-9H2,1H3,(H,14,15). The molecule has 0 saturated carbocycles.